The Morgan fingerprint density at radius 2 is 1.80 bits per heavy atom. The van der Waals surface area contributed by atoms with E-state index in [1.165, 1.54) is 18.4 Å². The number of anilines is 1. The molecule has 2 N–H and O–H groups in total. The highest BCUT2D eigenvalue weighted by Gasteiger charge is 2.22. The van der Waals surface area contributed by atoms with Crippen molar-refractivity contribution in [1.29, 1.82) is 0 Å². The zero-order valence-electron chi connectivity index (χ0n) is 17.4. The number of carbonyl (C=O) groups excluding carboxylic acids is 3. The van der Waals surface area contributed by atoms with Gasteiger partial charge in [-0.2, -0.15) is 0 Å². The average molecular weight is 436 g/mol. The van der Waals surface area contributed by atoms with E-state index in [-0.39, 0.29) is 31.0 Å². The monoisotopic (exact) mass is 435 g/mol. The van der Waals surface area contributed by atoms with Crippen LogP contribution in [0.25, 0.3) is 0 Å². The lowest BCUT2D eigenvalue weighted by molar-refractivity contribution is -0.142. The number of nitrogen functional groups attached to an aromatic ring is 1. The molecule has 0 atom stereocenters. The lowest BCUT2D eigenvalue weighted by Crippen LogP contribution is -2.43. The van der Waals surface area contributed by atoms with Gasteiger partial charge in [-0.05, 0) is 26.3 Å². The van der Waals surface area contributed by atoms with E-state index in [1.54, 1.807) is 6.07 Å². The van der Waals surface area contributed by atoms with E-state index in [0.717, 1.165) is 18.9 Å². The van der Waals surface area contributed by atoms with Crippen LogP contribution in [-0.2, 0) is 23.1 Å². The summed E-state index contributed by atoms with van der Waals surface area (Å²) in [7, 11) is 1.25. The molecule has 0 aliphatic heterocycles. The van der Waals surface area contributed by atoms with Crippen molar-refractivity contribution in [2.45, 2.75) is 46.6 Å². The molecule has 0 unspecified atom stereocenters. The van der Waals surface area contributed by atoms with Crippen LogP contribution in [0.3, 0.4) is 0 Å². The molecule has 0 fully saturated rings. The number of ether oxygens (including phenoxy) is 1. The first-order chi connectivity index (χ1) is 14.1. The van der Waals surface area contributed by atoms with E-state index in [4.69, 9.17) is 10.5 Å². The Labute approximate surface area is 177 Å². The molecule has 162 valence electrons. The molecule has 10 heteroatoms. The minimum absolute atomic E-state index is 0.0463. The van der Waals surface area contributed by atoms with Crippen molar-refractivity contribution in [3.63, 3.8) is 0 Å². The van der Waals surface area contributed by atoms with Gasteiger partial charge in [-0.15, -0.1) is 11.3 Å². The van der Waals surface area contributed by atoms with Crippen LogP contribution in [0.5, 0.6) is 0 Å². The molecule has 0 aliphatic carbocycles. The molecule has 0 saturated heterocycles. The number of esters is 1. The van der Waals surface area contributed by atoms with E-state index < -0.39 is 35.2 Å². The first-order valence-corrected chi connectivity index (χ1v) is 10.3. The van der Waals surface area contributed by atoms with Crippen molar-refractivity contribution in [2.24, 2.45) is 7.05 Å². The number of aromatic nitrogens is 2. The van der Waals surface area contributed by atoms with Gasteiger partial charge in [-0.25, -0.2) is 4.79 Å². The van der Waals surface area contributed by atoms with Gasteiger partial charge in [0.1, 0.15) is 11.4 Å². The van der Waals surface area contributed by atoms with E-state index in [9.17, 15) is 24.0 Å². The van der Waals surface area contributed by atoms with Gasteiger partial charge in [0.25, 0.3) is 5.56 Å². The van der Waals surface area contributed by atoms with Crippen LogP contribution in [0.1, 0.15) is 56.7 Å². The third kappa shape index (κ3) is 4.93. The molecule has 9 nitrogen and oxygen atoms in total. The molecule has 0 radical (unpaired) electrons. The first kappa shape index (κ1) is 23.3. The Morgan fingerprint density at radius 1 is 1.13 bits per heavy atom. The minimum atomic E-state index is -0.843. The molecule has 0 bridgehead atoms. The number of hydrogen-bond donors (Lipinski definition) is 1. The predicted octanol–water partition coefficient (Wildman–Crippen LogP) is 1.61. The maximum atomic E-state index is 12.5. The number of rotatable bonds is 9. The Morgan fingerprint density at radius 3 is 2.37 bits per heavy atom. The summed E-state index contributed by atoms with van der Waals surface area (Å²) in [5, 5.41) is 0. The second-order valence-electron chi connectivity index (χ2n) is 6.89. The smallest absolute Gasteiger partial charge is 0.332 e. The van der Waals surface area contributed by atoms with Crippen LogP contribution in [-0.4, -0.2) is 33.3 Å². The number of thiophene rings is 1. The Bertz CT molecular complexity index is 1110. The zero-order valence-corrected chi connectivity index (χ0v) is 18.3. The number of aryl methyl sites for hydroxylation is 2. The van der Waals surface area contributed by atoms with Crippen LogP contribution >= 0.6 is 11.3 Å². The SMILES string of the molecule is CCCn1c(N)c(C(=O)COC(=O)CCC(=O)c2cc(C)sc2C)c(=O)n(C)c1=O. The number of ketones is 2. The molecular weight excluding hydrogens is 410 g/mol. The van der Waals surface area contributed by atoms with Gasteiger partial charge in [0, 0.05) is 35.3 Å². The Hall–Kier alpha value is -3.01. The Balaban J connectivity index is 2.04. The number of nitrogens with two attached hydrogens (primary N) is 1. The van der Waals surface area contributed by atoms with E-state index in [2.05, 4.69) is 0 Å². The summed E-state index contributed by atoms with van der Waals surface area (Å²) in [5.74, 6) is -1.96. The van der Waals surface area contributed by atoms with Crippen LogP contribution < -0.4 is 17.0 Å². The average Bonchev–Trinajstić information content (AvgIpc) is 3.04. The fourth-order valence-electron chi connectivity index (χ4n) is 3.03. The van der Waals surface area contributed by atoms with Gasteiger partial charge < -0.3 is 10.5 Å². The fraction of sp³-hybridized carbons (Fsp3) is 0.450. The summed E-state index contributed by atoms with van der Waals surface area (Å²) in [5.41, 5.74) is 4.60. The fourth-order valence-corrected chi connectivity index (χ4v) is 3.98. The van der Waals surface area contributed by atoms with Crippen molar-refractivity contribution < 1.29 is 19.1 Å². The van der Waals surface area contributed by atoms with Crippen molar-refractivity contribution in [3.8, 4) is 0 Å². The molecule has 0 aliphatic rings. The van der Waals surface area contributed by atoms with E-state index in [1.807, 2.05) is 20.8 Å². The molecule has 2 rings (SSSR count). The molecule has 0 amide bonds. The van der Waals surface area contributed by atoms with E-state index >= 15 is 0 Å². The van der Waals surface area contributed by atoms with Crippen LogP contribution in [0.15, 0.2) is 15.7 Å². The van der Waals surface area contributed by atoms with Crippen LogP contribution in [0.4, 0.5) is 5.82 Å². The van der Waals surface area contributed by atoms with Crippen molar-refractivity contribution in [2.75, 3.05) is 12.3 Å². The van der Waals surface area contributed by atoms with Crippen molar-refractivity contribution in [3.05, 3.63) is 47.8 Å². The Kier molecular flexibility index (Phi) is 7.49. The van der Waals surface area contributed by atoms with Gasteiger partial charge in [0.15, 0.2) is 12.4 Å². The molecule has 2 aromatic heterocycles. The molecule has 30 heavy (non-hydrogen) atoms. The topological polar surface area (TPSA) is 130 Å². The summed E-state index contributed by atoms with van der Waals surface area (Å²) in [4.78, 5) is 63.0. The molecule has 2 aromatic rings. The van der Waals surface area contributed by atoms with Gasteiger partial charge in [0.2, 0.25) is 5.78 Å². The summed E-state index contributed by atoms with van der Waals surface area (Å²) >= 11 is 1.50. The summed E-state index contributed by atoms with van der Waals surface area (Å²) in [6.45, 7) is 5.09. The zero-order chi connectivity index (χ0) is 22.6. The molecular formula is C20H25N3O6S. The molecule has 0 spiro atoms. The molecule has 0 aromatic carbocycles. The van der Waals surface area contributed by atoms with Gasteiger partial charge in [0.05, 0.1) is 6.42 Å². The largest absolute Gasteiger partial charge is 0.457 e. The first-order valence-electron chi connectivity index (χ1n) is 9.46. The van der Waals surface area contributed by atoms with Gasteiger partial charge in [-0.1, -0.05) is 6.92 Å². The number of Topliss-reactive ketones (excluding diaryl/α,β-unsaturated/α-hetero) is 2. The van der Waals surface area contributed by atoms with Crippen molar-refractivity contribution in [1.82, 2.24) is 9.13 Å². The maximum Gasteiger partial charge on any atom is 0.332 e. The number of hydrogen-bond acceptors (Lipinski definition) is 8. The molecule has 0 saturated carbocycles. The lowest BCUT2D eigenvalue weighted by atomic mass is 10.1. The van der Waals surface area contributed by atoms with Crippen molar-refractivity contribution >= 4 is 34.7 Å². The lowest BCUT2D eigenvalue weighted by Gasteiger charge is -2.13. The normalized spacial score (nSPS) is 10.8. The second kappa shape index (κ2) is 9.66. The van der Waals surface area contributed by atoms with Gasteiger partial charge >= 0.3 is 11.7 Å². The molecule has 2 heterocycles. The minimum Gasteiger partial charge on any atom is -0.457 e. The standard InChI is InChI=1S/C20H25N3O6S/c1-5-8-23-18(21)17(19(27)22(4)20(23)28)15(25)10-29-16(26)7-6-14(24)13-9-11(2)30-12(13)3/h9H,5-8,10,21H2,1-4H3. The second-order valence-corrected chi connectivity index (χ2v) is 8.35. The summed E-state index contributed by atoms with van der Waals surface area (Å²) < 4.78 is 6.87. The summed E-state index contributed by atoms with van der Waals surface area (Å²) in [6, 6.07) is 1.78. The highest BCUT2D eigenvalue weighted by molar-refractivity contribution is 7.12. The highest BCUT2D eigenvalue weighted by Crippen LogP contribution is 2.22. The number of carbonyl (C=O) groups is 3. The third-order valence-electron chi connectivity index (χ3n) is 4.57. The predicted molar refractivity (Wildman–Crippen MR) is 113 cm³/mol. The maximum absolute atomic E-state index is 12.5. The van der Waals surface area contributed by atoms with Crippen LogP contribution in [0, 0.1) is 13.8 Å². The van der Waals surface area contributed by atoms with Gasteiger partial charge in [-0.3, -0.25) is 28.3 Å². The van der Waals surface area contributed by atoms with Crippen LogP contribution in [0.2, 0.25) is 0 Å². The number of nitrogens with zero attached hydrogens (tertiary/aromatic N) is 2. The van der Waals surface area contributed by atoms with E-state index in [0.29, 0.717) is 12.0 Å². The summed E-state index contributed by atoms with van der Waals surface area (Å²) in [6.07, 6.45) is 0.334. The highest BCUT2D eigenvalue weighted by atomic mass is 32.1. The third-order valence-corrected chi connectivity index (χ3v) is 5.54. The quantitative estimate of drug-likeness (QED) is 0.468.